The molecule has 0 bridgehead atoms. The Bertz CT molecular complexity index is 465. The number of hydrogen-bond acceptors (Lipinski definition) is 4. The zero-order chi connectivity index (χ0) is 13.3. The Hall–Kier alpha value is -1.33. The summed E-state index contributed by atoms with van der Waals surface area (Å²) in [5.74, 6) is 0.213. The van der Waals surface area contributed by atoms with Gasteiger partial charge in [0.2, 0.25) is 0 Å². The van der Waals surface area contributed by atoms with E-state index in [0.29, 0.717) is 10.6 Å². The number of nitrogens with two attached hydrogens (primary N) is 1. The zero-order valence-corrected chi connectivity index (χ0v) is 11.3. The molecule has 1 aromatic heterocycles. The van der Waals surface area contributed by atoms with Gasteiger partial charge in [0.05, 0.1) is 10.6 Å². The van der Waals surface area contributed by atoms with Crippen molar-refractivity contribution in [1.29, 1.82) is 0 Å². The van der Waals surface area contributed by atoms with E-state index in [-0.39, 0.29) is 17.8 Å². The Labute approximate surface area is 112 Å². The molecular weight excluding hydrogens is 252 g/mol. The van der Waals surface area contributed by atoms with E-state index >= 15 is 0 Å². The van der Waals surface area contributed by atoms with Gasteiger partial charge in [0.15, 0.2) is 0 Å². The van der Waals surface area contributed by atoms with Crippen LogP contribution in [0.1, 0.15) is 17.3 Å². The highest BCUT2D eigenvalue weighted by molar-refractivity contribution is 6.33. The van der Waals surface area contributed by atoms with Crippen LogP contribution >= 0.6 is 11.6 Å². The zero-order valence-electron chi connectivity index (χ0n) is 10.6. The molecule has 2 rings (SSSR count). The van der Waals surface area contributed by atoms with Gasteiger partial charge in [0.1, 0.15) is 5.82 Å². The van der Waals surface area contributed by atoms with Gasteiger partial charge in [0.25, 0.3) is 5.91 Å². The number of nitrogen functional groups attached to an aromatic ring is 1. The second kappa shape index (κ2) is 5.12. The van der Waals surface area contributed by atoms with Crippen LogP contribution in [0.3, 0.4) is 0 Å². The lowest BCUT2D eigenvalue weighted by Crippen LogP contribution is -2.52. The highest BCUT2D eigenvalue weighted by Gasteiger charge is 2.26. The van der Waals surface area contributed by atoms with Gasteiger partial charge >= 0.3 is 0 Å². The maximum Gasteiger partial charge on any atom is 0.255 e. The normalized spacial score (nSPS) is 21.1. The number of aromatic nitrogens is 1. The van der Waals surface area contributed by atoms with Crippen LogP contribution in [0.4, 0.5) is 5.82 Å². The molecule has 98 valence electrons. The number of halogens is 1. The smallest absolute Gasteiger partial charge is 0.255 e. The number of piperazine rings is 1. The predicted molar refractivity (Wildman–Crippen MR) is 71.7 cm³/mol. The van der Waals surface area contributed by atoms with Crippen molar-refractivity contribution in [2.45, 2.75) is 13.0 Å². The van der Waals surface area contributed by atoms with Crippen LogP contribution in [0.2, 0.25) is 5.02 Å². The maximum atomic E-state index is 12.3. The van der Waals surface area contributed by atoms with Crippen LogP contribution in [-0.2, 0) is 0 Å². The van der Waals surface area contributed by atoms with Gasteiger partial charge in [-0.25, -0.2) is 4.98 Å². The molecule has 1 atom stereocenters. The number of carbonyl (C=O) groups is 1. The van der Waals surface area contributed by atoms with E-state index in [1.807, 2.05) is 11.8 Å². The van der Waals surface area contributed by atoms with Crippen LogP contribution in [0.15, 0.2) is 12.3 Å². The molecule has 1 saturated heterocycles. The third kappa shape index (κ3) is 2.57. The molecule has 5 nitrogen and oxygen atoms in total. The third-order valence-corrected chi connectivity index (χ3v) is 3.51. The molecule has 1 unspecified atom stereocenters. The molecule has 1 aromatic rings. The summed E-state index contributed by atoms with van der Waals surface area (Å²) >= 11 is 5.89. The lowest BCUT2D eigenvalue weighted by Gasteiger charge is -2.38. The third-order valence-electron chi connectivity index (χ3n) is 3.21. The molecule has 1 fully saturated rings. The molecule has 0 aliphatic carbocycles. The molecule has 1 amide bonds. The first-order valence-electron chi connectivity index (χ1n) is 5.89. The van der Waals surface area contributed by atoms with E-state index in [9.17, 15) is 4.79 Å². The average molecular weight is 269 g/mol. The summed E-state index contributed by atoms with van der Waals surface area (Å²) in [7, 11) is 2.06. The van der Waals surface area contributed by atoms with Crippen molar-refractivity contribution in [3.8, 4) is 0 Å². The SMILES string of the molecule is CC1CN(C)CCN1C(=O)c1cnc(N)c(Cl)c1. The number of nitrogens with zero attached hydrogens (tertiary/aromatic N) is 3. The Morgan fingerprint density at radius 3 is 2.89 bits per heavy atom. The molecule has 0 saturated carbocycles. The lowest BCUT2D eigenvalue weighted by atomic mass is 10.1. The van der Waals surface area contributed by atoms with Gasteiger partial charge in [-0.2, -0.15) is 0 Å². The Balaban J connectivity index is 2.18. The lowest BCUT2D eigenvalue weighted by molar-refractivity contribution is 0.0533. The van der Waals surface area contributed by atoms with Crippen molar-refractivity contribution in [1.82, 2.24) is 14.8 Å². The Kier molecular flexibility index (Phi) is 3.73. The second-order valence-electron chi connectivity index (χ2n) is 4.70. The van der Waals surface area contributed by atoms with Crippen molar-refractivity contribution in [3.05, 3.63) is 22.8 Å². The monoisotopic (exact) mass is 268 g/mol. The van der Waals surface area contributed by atoms with Crippen molar-refractivity contribution < 1.29 is 4.79 Å². The summed E-state index contributed by atoms with van der Waals surface area (Å²) in [4.78, 5) is 20.3. The van der Waals surface area contributed by atoms with E-state index < -0.39 is 0 Å². The number of pyridine rings is 1. The minimum absolute atomic E-state index is 0.0370. The number of amides is 1. The molecule has 0 aromatic carbocycles. The van der Waals surface area contributed by atoms with Crippen molar-refractivity contribution in [3.63, 3.8) is 0 Å². The molecule has 0 spiro atoms. The van der Waals surface area contributed by atoms with E-state index in [1.165, 1.54) is 6.20 Å². The minimum atomic E-state index is -0.0370. The molecular formula is C12H17ClN4O. The summed E-state index contributed by atoms with van der Waals surface area (Å²) < 4.78 is 0. The number of rotatable bonds is 1. The molecule has 1 aliphatic heterocycles. The van der Waals surface area contributed by atoms with E-state index in [0.717, 1.165) is 19.6 Å². The fraction of sp³-hybridized carbons (Fsp3) is 0.500. The van der Waals surface area contributed by atoms with Gasteiger partial charge in [0, 0.05) is 31.9 Å². The van der Waals surface area contributed by atoms with E-state index in [2.05, 4.69) is 16.9 Å². The summed E-state index contributed by atoms with van der Waals surface area (Å²) in [6.07, 6.45) is 1.48. The van der Waals surface area contributed by atoms with Gasteiger partial charge in [-0.1, -0.05) is 11.6 Å². The molecule has 6 heteroatoms. The number of hydrogen-bond donors (Lipinski definition) is 1. The number of likely N-dealkylation sites (N-methyl/N-ethyl adjacent to an activating group) is 1. The summed E-state index contributed by atoms with van der Waals surface area (Å²) in [6, 6.07) is 1.77. The van der Waals surface area contributed by atoms with Crippen LogP contribution in [-0.4, -0.2) is 53.4 Å². The molecule has 18 heavy (non-hydrogen) atoms. The topological polar surface area (TPSA) is 62.5 Å². The molecule has 1 aliphatic rings. The van der Waals surface area contributed by atoms with Crippen LogP contribution in [0, 0.1) is 0 Å². The Morgan fingerprint density at radius 2 is 2.28 bits per heavy atom. The fourth-order valence-electron chi connectivity index (χ4n) is 2.17. The van der Waals surface area contributed by atoms with Gasteiger partial charge < -0.3 is 15.5 Å². The first kappa shape index (κ1) is 13.1. The minimum Gasteiger partial charge on any atom is -0.382 e. The highest BCUT2D eigenvalue weighted by atomic mass is 35.5. The molecule has 0 radical (unpaired) electrons. The first-order valence-corrected chi connectivity index (χ1v) is 6.27. The quantitative estimate of drug-likeness (QED) is 0.828. The number of carbonyl (C=O) groups excluding carboxylic acids is 1. The largest absolute Gasteiger partial charge is 0.382 e. The van der Waals surface area contributed by atoms with E-state index in [1.54, 1.807) is 6.07 Å². The first-order chi connectivity index (χ1) is 8.49. The highest BCUT2D eigenvalue weighted by Crippen LogP contribution is 2.19. The van der Waals surface area contributed by atoms with Crippen LogP contribution in [0.25, 0.3) is 0 Å². The predicted octanol–water partition coefficient (Wildman–Crippen LogP) is 1.09. The van der Waals surface area contributed by atoms with Crippen molar-refractivity contribution >= 4 is 23.3 Å². The van der Waals surface area contributed by atoms with E-state index in [4.69, 9.17) is 17.3 Å². The summed E-state index contributed by atoms with van der Waals surface area (Å²) in [5, 5.41) is 0.322. The standard InChI is InChI=1S/C12H17ClN4O/c1-8-7-16(2)3-4-17(8)12(18)9-5-10(13)11(14)15-6-9/h5-6,8H,3-4,7H2,1-2H3,(H2,14,15). The van der Waals surface area contributed by atoms with Crippen LogP contribution in [0.5, 0.6) is 0 Å². The van der Waals surface area contributed by atoms with Crippen molar-refractivity contribution in [2.75, 3.05) is 32.4 Å². The summed E-state index contributed by atoms with van der Waals surface area (Å²) in [6.45, 7) is 4.52. The maximum absolute atomic E-state index is 12.3. The molecule has 2 heterocycles. The number of anilines is 1. The van der Waals surface area contributed by atoms with Gasteiger partial charge in [-0.05, 0) is 20.0 Å². The van der Waals surface area contributed by atoms with Gasteiger partial charge in [-0.15, -0.1) is 0 Å². The van der Waals surface area contributed by atoms with Crippen molar-refractivity contribution in [2.24, 2.45) is 0 Å². The van der Waals surface area contributed by atoms with Crippen LogP contribution < -0.4 is 5.73 Å². The van der Waals surface area contributed by atoms with Gasteiger partial charge in [-0.3, -0.25) is 4.79 Å². The molecule has 2 N–H and O–H groups in total. The fourth-order valence-corrected chi connectivity index (χ4v) is 2.34. The Morgan fingerprint density at radius 1 is 1.56 bits per heavy atom. The summed E-state index contributed by atoms with van der Waals surface area (Å²) in [5.41, 5.74) is 6.03. The second-order valence-corrected chi connectivity index (χ2v) is 5.11. The average Bonchev–Trinajstić information content (AvgIpc) is 2.32.